The largest absolute Gasteiger partial charge is 0.438 e. The van der Waals surface area contributed by atoms with Gasteiger partial charge >= 0.3 is 0 Å². The fourth-order valence-electron chi connectivity index (χ4n) is 1.38. The van der Waals surface area contributed by atoms with Gasteiger partial charge in [-0.05, 0) is 41.9 Å². The molecule has 1 aromatic carbocycles. The Morgan fingerprint density at radius 3 is 2.56 bits per heavy atom. The van der Waals surface area contributed by atoms with Gasteiger partial charge in [-0.2, -0.15) is 4.98 Å². The molecule has 0 saturated heterocycles. The van der Waals surface area contributed by atoms with Crippen molar-refractivity contribution < 1.29 is 4.74 Å². The third-order valence-corrected chi connectivity index (χ3v) is 2.65. The SMILES string of the molecule is Cc1cc(Oc2ccccc2Br)nc(C)n1. The van der Waals surface area contributed by atoms with Gasteiger partial charge in [-0.1, -0.05) is 12.1 Å². The minimum Gasteiger partial charge on any atom is -0.438 e. The molecule has 0 aliphatic heterocycles. The molecule has 0 saturated carbocycles. The summed E-state index contributed by atoms with van der Waals surface area (Å²) in [6.45, 7) is 3.77. The Morgan fingerprint density at radius 1 is 1.12 bits per heavy atom. The van der Waals surface area contributed by atoms with E-state index in [-0.39, 0.29) is 0 Å². The Balaban J connectivity index is 2.30. The monoisotopic (exact) mass is 278 g/mol. The number of rotatable bonds is 2. The van der Waals surface area contributed by atoms with Crippen molar-refractivity contribution in [2.45, 2.75) is 13.8 Å². The maximum absolute atomic E-state index is 5.67. The van der Waals surface area contributed by atoms with Crippen LogP contribution in [-0.2, 0) is 0 Å². The summed E-state index contributed by atoms with van der Waals surface area (Å²) in [6, 6.07) is 9.48. The molecule has 0 atom stereocenters. The third-order valence-electron chi connectivity index (χ3n) is 1.99. The normalized spacial score (nSPS) is 10.2. The Kier molecular flexibility index (Phi) is 3.19. The standard InChI is InChI=1S/C12H11BrN2O/c1-8-7-12(15-9(2)14-8)16-11-6-4-3-5-10(11)13/h3-7H,1-2H3. The number of benzene rings is 1. The van der Waals surface area contributed by atoms with Crippen LogP contribution >= 0.6 is 15.9 Å². The van der Waals surface area contributed by atoms with Crippen molar-refractivity contribution >= 4 is 15.9 Å². The average Bonchev–Trinajstić information content (AvgIpc) is 2.20. The van der Waals surface area contributed by atoms with Crippen molar-refractivity contribution in [1.82, 2.24) is 9.97 Å². The lowest BCUT2D eigenvalue weighted by atomic mass is 10.3. The molecule has 4 heteroatoms. The van der Waals surface area contributed by atoms with Crippen LogP contribution in [0.2, 0.25) is 0 Å². The van der Waals surface area contributed by atoms with Crippen LogP contribution in [0.15, 0.2) is 34.8 Å². The van der Waals surface area contributed by atoms with Gasteiger partial charge in [-0.25, -0.2) is 4.98 Å². The van der Waals surface area contributed by atoms with Gasteiger partial charge < -0.3 is 4.74 Å². The second kappa shape index (κ2) is 4.61. The average molecular weight is 279 g/mol. The summed E-state index contributed by atoms with van der Waals surface area (Å²) in [6.07, 6.45) is 0. The second-order valence-corrected chi connectivity index (χ2v) is 4.28. The van der Waals surface area contributed by atoms with Crippen molar-refractivity contribution in [2.75, 3.05) is 0 Å². The van der Waals surface area contributed by atoms with E-state index in [1.54, 1.807) is 0 Å². The molecule has 0 fully saturated rings. The third kappa shape index (κ3) is 2.58. The van der Waals surface area contributed by atoms with Crippen molar-refractivity contribution in [3.05, 3.63) is 46.3 Å². The predicted molar refractivity (Wildman–Crippen MR) is 65.7 cm³/mol. The molecule has 16 heavy (non-hydrogen) atoms. The van der Waals surface area contributed by atoms with Gasteiger partial charge in [-0.15, -0.1) is 0 Å². The van der Waals surface area contributed by atoms with Crippen LogP contribution in [0.4, 0.5) is 0 Å². The first kappa shape index (κ1) is 11.1. The molecule has 0 unspecified atom stereocenters. The zero-order valence-corrected chi connectivity index (χ0v) is 10.7. The lowest BCUT2D eigenvalue weighted by Crippen LogP contribution is -1.95. The van der Waals surface area contributed by atoms with Crippen LogP contribution in [0.25, 0.3) is 0 Å². The summed E-state index contributed by atoms with van der Waals surface area (Å²) in [5.41, 5.74) is 0.898. The van der Waals surface area contributed by atoms with Crippen molar-refractivity contribution in [3.63, 3.8) is 0 Å². The molecule has 1 heterocycles. The summed E-state index contributed by atoms with van der Waals surface area (Å²) >= 11 is 3.42. The highest BCUT2D eigenvalue weighted by atomic mass is 79.9. The zero-order chi connectivity index (χ0) is 11.5. The molecule has 0 bridgehead atoms. The number of hydrogen-bond acceptors (Lipinski definition) is 3. The fraction of sp³-hybridized carbons (Fsp3) is 0.167. The van der Waals surface area contributed by atoms with Crippen molar-refractivity contribution in [2.24, 2.45) is 0 Å². The number of hydrogen-bond donors (Lipinski definition) is 0. The minimum absolute atomic E-state index is 0.567. The van der Waals surface area contributed by atoms with Crippen molar-refractivity contribution in [3.8, 4) is 11.6 Å². The van der Waals surface area contributed by atoms with E-state index in [9.17, 15) is 0 Å². The first-order chi connectivity index (χ1) is 7.65. The molecule has 0 aliphatic rings. The van der Waals surface area contributed by atoms with E-state index in [2.05, 4.69) is 25.9 Å². The Labute approximate surface area is 103 Å². The Hall–Kier alpha value is -1.42. The summed E-state index contributed by atoms with van der Waals surface area (Å²) in [4.78, 5) is 8.41. The summed E-state index contributed by atoms with van der Waals surface area (Å²) in [5.74, 6) is 2.03. The second-order valence-electron chi connectivity index (χ2n) is 3.43. The molecular weight excluding hydrogens is 268 g/mol. The van der Waals surface area contributed by atoms with E-state index in [0.29, 0.717) is 11.7 Å². The Morgan fingerprint density at radius 2 is 1.88 bits per heavy atom. The molecule has 2 aromatic rings. The molecule has 82 valence electrons. The molecule has 2 rings (SSSR count). The highest BCUT2D eigenvalue weighted by molar-refractivity contribution is 9.10. The molecule has 3 nitrogen and oxygen atoms in total. The summed E-state index contributed by atoms with van der Waals surface area (Å²) in [7, 11) is 0. The molecule has 0 N–H and O–H groups in total. The van der Waals surface area contributed by atoms with Gasteiger partial charge in [0, 0.05) is 11.8 Å². The minimum atomic E-state index is 0.567. The van der Waals surface area contributed by atoms with Gasteiger partial charge in [0.25, 0.3) is 0 Å². The van der Waals surface area contributed by atoms with E-state index in [1.807, 2.05) is 44.2 Å². The highest BCUT2D eigenvalue weighted by Crippen LogP contribution is 2.28. The van der Waals surface area contributed by atoms with Gasteiger partial charge in [0.1, 0.15) is 11.6 Å². The molecule has 0 radical (unpaired) electrons. The van der Waals surface area contributed by atoms with E-state index in [4.69, 9.17) is 4.74 Å². The summed E-state index contributed by atoms with van der Waals surface area (Å²) < 4.78 is 6.58. The van der Waals surface area contributed by atoms with E-state index in [0.717, 1.165) is 15.9 Å². The van der Waals surface area contributed by atoms with E-state index >= 15 is 0 Å². The molecule has 0 aliphatic carbocycles. The molecular formula is C12H11BrN2O. The molecule has 1 aromatic heterocycles. The first-order valence-corrected chi connectivity index (χ1v) is 5.69. The number of para-hydroxylation sites is 1. The van der Waals surface area contributed by atoms with Gasteiger partial charge in [0.2, 0.25) is 5.88 Å². The van der Waals surface area contributed by atoms with Crippen molar-refractivity contribution in [1.29, 1.82) is 0 Å². The van der Waals surface area contributed by atoms with E-state index < -0.39 is 0 Å². The topological polar surface area (TPSA) is 35.0 Å². The molecule has 0 amide bonds. The molecule has 0 spiro atoms. The maximum Gasteiger partial charge on any atom is 0.222 e. The lowest BCUT2D eigenvalue weighted by Gasteiger charge is -2.07. The maximum atomic E-state index is 5.67. The number of halogens is 1. The van der Waals surface area contributed by atoms with Gasteiger partial charge in [0.15, 0.2) is 0 Å². The van der Waals surface area contributed by atoms with Crippen LogP contribution in [-0.4, -0.2) is 9.97 Å². The number of ether oxygens (including phenoxy) is 1. The van der Waals surface area contributed by atoms with Crippen LogP contribution in [0.5, 0.6) is 11.6 Å². The first-order valence-electron chi connectivity index (χ1n) is 4.90. The van der Waals surface area contributed by atoms with Crippen LogP contribution in [0.1, 0.15) is 11.5 Å². The Bertz CT molecular complexity index is 494. The van der Waals surface area contributed by atoms with Crippen LogP contribution < -0.4 is 4.74 Å². The number of nitrogens with zero attached hydrogens (tertiary/aromatic N) is 2. The predicted octanol–water partition coefficient (Wildman–Crippen LogP) is 3.65. The highest BCUT2D eigenvalue weighted by Gasteiger charge is 2.04. The fourth-order valence-corrected chi connectivity index (χ4v) is 1.74. The summed E-state index contributed by atoms with van der Waals surface area (Å²) in [5, 5.41) is 0. The van der Waals surface area contributed by atoms with Crippen LogP contribution in [0, 0.1) is 13.8 Å². The number of aromatic nitrogens is 2. The zero-order valence-electron chi connectivity index (χ0n) is 9.07. The van der Waals surface area contributed by atoms with Gasteiger partial charge in [0.05, 0.1) is 4.47 Å². The van der Waals surface area contributed by atoms with Crippen LogP contribution in [0.3, 0.4) is 0 Å². The van der Waals surface area contributed by atoms with E-state index in [1.165, 1.54) is 0 Å². The quantitative estimate of drug-likeness (QED) is 0.841. The smallest absolute Gasteiger partial charge is 0.222 e. The number of aryl methyl sites for hydroxylation is 2. The lowest BCUT2D eigenvalue weighted by molar-refractivity contribution is 0.456. The van der Waals surface area contributed by atoms with Gasteiger partial charge in [-0.3, -0.25) is 0 Å².